The molecule has 4 heteroatoms. The topological polar surface area (TPSA) is 29.5 Å². The van der Waals surface area contributed by atoms with Gasteiger partial charge >= 0.3 is 0 Å². The summed E-state index contributed by atoms with van der Waals surface area (Å²) >= 11 is 11.3. The van der Waals surface area contributed by atoms with Gasteiger partial charge in [0.05, 0.1) is 10.0 Å². The predicted octanol–water partition coefficient (Wildman–Crippen LogP) is 2.71. The zero-order chi connectivity index (χ0) is 9.84. The van der Waals surface area contributed by atoms with Crippen LogP contribution in [0.1, 0.15) is 0 Å². The van der Waals surface area contributed by atoms with Crippen LogP contribution in [0.25, 0.3) is 0 Å². The van der Waals surface area contributed by atoms with E-state index in [1.807, 2.05) is 0 Å². The Bertz CT molecular complexity index is 355. The van der Waals surface area contributed by atoms with Crippen molar-refractivity contribution in [2.24, 2.45) is 0 Å². The van der Waals surface area contributed by atoms with Crippen molar-refractivity contribution in [2.75, 3.05) is 6.61 Å². The molecule has 13 heavy (non-hydrogen) atoms. The van der Waals surface area contributed by atoms with E-state index in [-0.39, 0.29) is 17.4 Å². The van der Waals surface area contributed by atoms with Gasteiger partial charge in [-0.2, -0.15) is 0 Å². The van der Waals surface area contributed by atoms with E-state index in [0.29, 0.717) is 10.8 Å². The lowest BCUT2D eigenvalue weighted by Crippen LogP contribution is -1.93. The van der Waals surface area contributed by atoms with Gasteiger partial charge in [0.1, 0.15) is 18.1 Å². The molecule has 2 nitrogen and oxygen atoms in total. The van der Waals surface area contributed by atoms with Crippen molar-refractivity contribution < 1.29 is 9.84 Å². The van der Waals surface area contributed by atoms with Crippen molar-refractivity contribution in [3.8, 4) is 23.8 Å². The fourth-order valence-electron chi connectivity index (χ4n) is 0.748. The lowest BCUT2D eigenvalue weighted by molar-refractivity contribution is 0.367. The Morgan fingerprint density at radius 1 is 1.38 bits per heavy atom. The van der Waals surface area contributed by atoms with Crippen molar-refractivity contribution in [1.29, 1.82) is 0 Å². The highest BCUT2D eigenvalue weighted by atomic mass is 35.5. The van der Waals surface area contributed by atoms with Gasteiger partial charge in [0.25, 0.3) is 0 Å². The average Bonchev–Trinajstić information content (AvgIpc) is 2.09. The van der Waals surface area contributed by atoms with Crippen molar-refractivity contribution in [3.63, 3.8) is 0 Å². The van der Waals surface area contributed by atoms with E-state index in [9.17, 15) is 5.11 Å². The third-order valence-corrected chi connectivity index (χ3v) is 1.91. The molecule has 0 saturated heterocycles. The molecule has 0 aromatic heterocycles. The fraction of sp³-hybridized carbons (Fsp3) is 0.111. The van der Waals surface area contributed by atoms with Gasteiger partial charge in [-0.05, 0) is 6.07 Å². The van der Waals surface area contributed by atoms with Crippen LogP contribution in [0.2, 0.25) is 10.0 Å². The summed E-state index contributed by atoms with van der Waals surface area (Å²) < 4.78 is 5.04. The monoisotopic (exact) mass is 216 g/mol. The molecule has 1 aromatic rings. The second-order valence-corrected chi connectivity index (χ2v) is 3.04. The number of halogens is 2. The third kappa shape index (κ3) is 2.45. The molecule has 0 fully saturated rings. The molecule has 1 rings (SSSR count). The summed E-state index contributed by atoms with van der Waals surface area (Å²) in [7, 11) is 0. The molecular formula is C9H6Cl2O2. The van der Waals surface area contributed by atoms with Crippen LogP contribution < -0.4 is 4.74 Å². The van der Waals surface area contributed by atoms with E-state index in [1.54, 1.807) is 0 Å². The largest absolute Gasteiger partial charge is 0.506 e. The highest BCUT2D eigenvalue weighted by Crippen LogP contribution is 2.34. The predicted molar refractivity (Wildman–Crippen MR) is 52.5 cm³/mol. The minimum absolute atomic E-state index is 0.0851. The molecule has 0 aliphatic rings. The van der Waals surface area contributed by atoms with Gasteiger partial charge in [0.2, 0.25) is 0 Å². The number of benzene rings is 1. The van der Waals surface area contributed by atoms with Crippen molar-refractivity contribution in [1.82, 2.24) is 0 Å². The van der Waals surface area contributed by atoms with Crippen LogP contribution in [0, 0.1) is 12.3 Å². The summed E-state index contributed by atoms with van der Waals surface area (Å²) in [5.74, 6) is 2.52. The van der Waals surface area contributed by atoms with Gasteiger partial charge in [0.15, 0.2) is 0 Å². The number of aromatic hydroxyl groups is 1. The third-order valence-electron chi connectivity index (χ3n) is 1.31. The number of phenols is 1. The van der Waals surface area contributed by atoms with Crippen LogP contribution in [0.4, 0.5) is 0 Å². The summed E-state index contributed by atoms with van der Waals surface area (Å²) in [6.07, 6.45) is 4.99. The highest BCUT2D eigenvalue weighted by Gasteiger charge is 2.06. The van der Waals surface area contributed by atoms with E-state index >= 15 is 0 Å². The molecule has 0 saturated carbocycles. The first kappa shape index (κ1) is 10.0. The Labute approximate surface area is 86.0 Å². The zero-order valence-corrected chi connectivity index (χ0v) is 8.06. The molecule has 0 heterocycles. The van der Waals surface area contributed by atoms with E-state index in [1.165, 1.54) is 12.1 Å². The summed E-state index contributed by atoms with van der Waals surface area (Å²) in [6.45, 7) is 0.0980. The van der Waals surface area contributed by atoms with Crippen LogP contribution in [-0.4, -0.2) is 11.7 Å². The van der Waals surface area contributed by atoms with Gasteiger partial charge in [-0.1, -0.05) is 29.1 Å². The molecule has 0 spiro atoms. The van der Waals surface area contributed by atoms with Gasteiger partial charge < -0.3 is 9.84 Å². The van der Waals surface area contributed by atoms with Crippen molar-refractivity contribution in [3.05, 3.63) is 22.2 Å². The first-order chi connectivity index (χ1) is 6.15. The first-order valence-corrected chi connectivity index (χ1v) is 4.15. The Kier molecular flexibility index (Phi) is 3.30. The smallest absolute Gasteiger partial charge is 0.148 e. The number of phenolic OH excluding ortho intramolecular Hbond substituents is 1. The minimum atomic E-state index is -0.0851. The van der Waals surface area contributed by atoms with Gasteiger partial charge in [0, 0.05) is 6.07 Å². The Hall–Kier alpha value is -1.04. The molecule has 0 aliphatic carbocycles. The molecule has 1 N–H and O–H groups in total. The number of hydrogen-bond acceptors (Lipinski definition) is 2. The molecular weight excluding hydrogens is 211 g/mol. The van der Waals surface area contributed by atoms with E-state index in [2.05, 4.69) is 5.92 Å². The lowest BCUT2D eigenvalue weighted by atomic mass is 10.3. The molecule has 0 aliphatic heterocycles. The van der Waals surface area contributed by atoms with E-state index in [4.69, 9.17) is 34.4 Å². The lowest BCUT2D eigenvalue weighted by Gasteiger charge is -2.05. The van der Waals surface area contributed by atoms with Crippen LogP contribution in [-0.2, 0) is 0 Å². The molecule has 0 atom stereocenters. The quantitative estimate of drug-likeness (QED) is 0.771. The fourth-order valence-corrected chi connectivity index (χ4v) is 1.19. The molecule has 0 radical (unpaired) electrons. The normalized spacial score (nSPS) is 9.31. The van der Waals surface area contributed by atoms with Crippen LogP contribution in [0.15, 0.2) is 12.1 Å². The summed E-state index contributed by atoms with van der Waals surface area (Å²) in [4.78, 5) is 0. The summed E-state index contributed by atoms with van der Waals surface area (Å²) in [6, 6.07) is 2.71. The molecule has 0 unspecified atom stereocenters. The first-order valence-electron chi connectivity index (χ1n) is 3.39. The molecule has 1 aromatic carbocycles. The van der Waals surface area contributed by atoms with Crippen LogP contribution in [0.3, 0.4) is 0 Å². The van der Waals surface area contributed by atoms with Crippen molar-refractivity contribution >= 4 is 23.2 Å². The maximum absolute atomic E-state index is 9.20. The maximum atomic E-state index is 9.20. The SMILES string of the molecule is C#CCOc1cc(O)c(Cl)cc1Cl. The van der Waals surface area contributed by atoms with Gasteiger partial charge in [-0.25, -0.2) is 0 Å². The summed E-state index contributed by atoms with van der Waals surface area (Å²) in [5.41, 5.74) is 0. The minimum Gasteiger partial charge on any atom is -0.506 e. The molecule has 0 amide bonds. The van der Waals surface area contributed by atoms with E-state index < -0.39 is 0 Å². The number of rotatable bonds is 2. The van der Waals surface area contributed by atoms with Crippen molar-refractivity contribution in [2.45, 2.75) is 0 Å². The second-order valence-electron chi connectivity index (χ2n) is 2.23. The summed E-state index contributed by atoms with van der Waals surface area (Å²) in [5, 5.41) is 9.70. The molecule has 68 valence electrons. The number of terminal acetylenes is 1. The number of hydrogen-bond donors (Lipinski definition) is 1. The standard InChI is InChI=1S/C9H6Cl2O2/c1-2-3-13-9-5-8(12)6(10)4-7(9)11/h1,4-5,12H,3H2. The van der Waals surface area contributed by atoms with Gasteiger partial charge in [-0.15, -0.1) is 6.42 Å². The average molecular weight is 217 g/mol. The Morgan fingerprint density at radius 2 is 2.08 bits per heavy atom. The zero-order valence-electron chi connectivity index (χ0n) is 6.55. The second kappa shape index (κ2) is 4.27. The number of ether oxygens (including phenoxy) is 1. The van der Waals surface area contributed by atoms with Crippen LogP contribution >= 0.6 is 23.2 Å². The molecule has 0 bridgehead atoms. The van der Waals surface area contributed by atoms with Crippen LogP contribution in [0.5, 0.6) is 11.5 Å². The Morgan fingerprint density at radius 3 is 2.69 bits per heavy atom. The highest BCUT2D eigenvalue weighted by molar-refractivity contribution is 6.36. The Balaban J connectivity index is 2.96. The van der Waals surface area contributed by atoms with E-state index in [0.717, 1.165) is 0 Å². The maximum Gasteiger partial charge on any atom is 0.148 e. The van der Waals surface area contributed by atoms with Gasteiger partial charge in [-0.3, -0.25) is 0 Å².